The number of hydrogen-bond acceptors (Lipinski definition) is 3. The monoisotopic (exact) mass is 282 g/mol. The van der Waals surface area contributed by atoms with Crippen molar-refractivity contribution in [1.29, 1.82) is 0 Å². The van der Waals surface area contributed by atoms with Gasteiger partial charge in [0, 0.05) is 36.6 Å². The van der Waals surface area contributed by atoms with Gasteiger partial charge in [-0.1, -0.05) is 19.1 Å². The van der Waals surface area contributed by atoms with Gasteiger partial charge in [-0.15, -0.1) is 0 Å². The minimum absolute atomic E-state index is 0.390. The second kappa shape index (κ2) is 6.27. The smallest absolute Gasteiger partial charge is 0.120 e. The maximum absolute atomic E-state index is 10.1. The minimum atomic E-state index is 0.390. The van der Waals surface area contributed by atoms with E-state index in [2.05, 4.69) is 22.9 Å². The minimum Gasteiger partial charge on any atom is -0.508 e. The average molecular weight is 282 g/mol. The van der Waals surface area contributed by atoms with Gasteiger partial charge in [0.05, 0.1) is 0 Å². The lowest BCUT2D eigenvalue weighted by Crippen LogP contribution is -2.33. The molecule has 0 bridgehead atoms. The molecule has 110 valence electrons. The van der Waals surface area contributed by atoms with Crippen LogP contribution in [0.25, 0.3) is 11.1 Å². The first-order valence-electron chi connectivity index (χ1n) is 7.67. The molecule has 0 radical (unpaired) electrons. The van der Waals surface area contributed by atoms with Crippen LogP contribution in [0.3, 0.4) is 0 Å². The van der Waals surface area contributed by atoms with Crippen molar-refractivity contribution in [1.82, 2.24) is 9.88 Å². The van der Waals surface area contributed by atoms with Crippen molar-refractivity contribution in [2.24, 2.45) is 5.92 Å². The van der Waals surface area contributed by atoms with Crippen LogP contribution in [0, 0.1) is 5.92 Å². The second-order valence-corrected chi connectivity index (χ2v) is 6.07. The van der Waals surface area contributed by atoms with Gasteiger partial charge in [-0.2, -0.15) is 0 Å². The summed E-state index contributed by atoms with van der Waals surface area (Å²) in [5.41, 5.74) is 3.21. The molecular formula is C18H22N2O. The largest absolute Gasteiger partial charge is 0.508 e. The second-order valence-electron chi connectivity index (χ2n) is 6.07. The fraction of sp³-hybridized carbons (Fsp3) is 0.389. The maximum atomic E-state index is 10.1. The molecule has 0 saturated carbocycles. The molecule has 21 heavy (non-hydrogen) atoms. The van der Waals surface area contributed by atoms with E-state index in [0.29, 0.717) is 5.75 Å². The number of nitrogens with zero attached hydrogens (tertiary/aromatic N) is 2. The SMILES string of the molecule is C[C@H]1CCCN(Cc2cc(-c3cccnc3)ccc2O)C1. The average Bonchev–Trinajstić information content (AvgIpc) is 2.50. The highest BCUT2D eigenvalue weighted by Gasteiger charge is 2.17. The van der Waals surface area contributed by atoms with Crippen molar-refractivity contribution in [3.63, 3.8) is 0 Å². The van der Waals surface area contributed by atoms with Crippen molar-refractivity contribution >= 4 is 0 Å². The molecule has 2 heterocycles. The van der Waals surface area contributed by atoms with E-state index < -0.39 is 0 Å². The highest BCUT2D eigenvalue weighted by molar-refractivity contribution is 5.64. The Hall–Kier alpha value is -1.87. The van der Waals surface area contributed by atoms with E-state index in [1.165, 1.54) is 12.8 Å². The summed E-state index contributed by atoms with van der Waals surface area (Å²) >= 11 is 0. The predicted octanol–water partition coefficient (Wildman–Crippen LogP) is 3.69. The molecular weight excluding hydrogens is 260 g/mol. The van der Waals surface area contributed by atoms with Gasteiger partial charge in [0.15, 0.2) is 0 Å². The third kappa shape index (κ3) is 3.42. The molecule has 1 aliphatic heterocycles. The number of piperidine rings is 1. The standard InChI is InChI=1S/C18H22N2O/c1-14-4-3-9-20(12-14)13-17-10-15(6-7-18(17)21)16-5-2-8-19-11-16/h2,5-8,10-11,14,21H,3-4,9,12-13H2,1H3/t14-/m0/s1. The molecule has 0 unspecified atom stereocenters. The Morgan fingerprint density at radius 2 is 2.19 bits per heavy atom. The van der Waals surface area contributed by atoms with E-state index >= 15 is 0 Å². The molecule has 1 fully saturated rings. The molecule has 1 N–H and O–H groups in total. The molecule has 0 aliphatic carbocycles. The van der Waals surface area contributed by atoms with Gasteiger partial charge < -0.3 is 5.11 Å². The molecule has 3 nitrogen and oxygen atoms in total. The number of benzene rings is 1. The van der Waals surface area contributed by atoms with Gasteiger partial charge in [0.2, 0.25) is 0 Å². The Labute approximate surface area is 126 Å². The summed E-state index contributed by atoms with van der Waals surface area (Å²) in [7, 11) is 0. The van der Waals surface area contributed by atoms with Crippen molar-refractivity contribution < 1.29 is 5.11 Å². The molecule has 1 aromatic heterocycles. The summed E-state index contributed by atoms with van der Waals surface area (Å²) in [6, 6.07) is 9.83. The van der Waals surface area contributed by atoms with E-state index in [9.17, 15) is 5.11 Å². The van der Waals surface area contributed by atoms with Gasteiger partial charge in [0.25, 0.3) is 0 Å². The fourth-order valence-electron chi connectivity index (χ4n) is 3.10. The first-order valence-corrected chi connectivity index (χ1v) is 7.67. The van der Waals surface area contributed by atoms with E-state index in [1.54, 1.807) is 12.3 Å². The van der Waals surface area contributed by atoms with Crippen LogP contribution in [-0.4, -0.2) is 28.1 Å². The van der Waals surface area contributed by atoms with E-state index in [4.69, 9.17) is 0 Å². The normalized spacial score (nSPS) is 19.6. The lowest BCUT2D eigenvalue weighted by Gasteiger charge is -2.31. The van der Waals surface area contributed by atoms with Crippen LogP contribution >= 0.6 is 0 Å². The third-order valence-corrected chi connectivity index (χ3v) is 4.21. The predicted molar refractivity (Wildman–Crippen MR) is 85.0 cm³/mol. The number of aromatic nitrogens is 1. The Kier molecular flexibility index (Phi) is 4.20. The number of hydrogen-bond donors (Lipinski definition) is 1. The fourth-order valence-corrected chi connectivity index (χ4v) is 3.10. The van der Waals surface area contributed by atoms with Gasteiger partial charge >= 0.3 is 0 Å². The topological polar surface area (TPSA) is 36.4 Å². The van der Waals surface area contributed by atoms with Crippen LogP contribution in [0.4, 0.5) is 0 Å². The third-order valence-electron chi connectivity index (χ3n) is 4.21. The number of likely N-dealkylation sites (tertiary alicyclic amines) is 1. The van der Waals surface area contributed by atoms with Crippen molar-refractivity contribution in [3.8, 4) is 16.9 Å². The maximum Gasteiger partial charge on any atom is 0.120 e. The van der Waals surface area contributed by atoms with Gasteiger partial charge in [-0.25, -0.2) is 0 Å². The molecule has 1 aliphatic rings. The molecule has 0 amide bonds. The lowest BCUT2D eigenvalue weighted by atomic mass is 9.99. The summed E-state index contributed by atoms with van der Waals surface area (Å²) in [4.78, 5) is 6.61. The number of rotatable bonds is 3. The number of phenols is 1. The van der Waals surface area contributed by atoms with E-state index in [-0.39, 0.29) is 0 Å². The molecule has 1 saturated heterocycles. The first kappa shape index (κ1) is 14.1. The molecule has 0 spiro atoms. The van der Waals surface area contributed by atoms with Crippen LogP contribution in [0.15, 0.2) is 42.7 Å². The van der Waals surface area contributed by atoms with Crippen molar-refractivity contribution in [3.05, 3.63) is 48.3 Å². The summed E-state index contributed by atoms with van der Waals surface area (Å²) in [5, 5.41) is 10.1. The Morgan fingerprint density at radius 3 is 2.95 bits per heavy atom. The zero-order chi connectivity index (χ0) is 14.7. The lowest BCUT2D eigenvalue weighted by molar-refractivity contribution is 0.175. The Morgan fingerprint density at radius 1 is 1.29 bits per heavy atom. The molecule has 1 atom stereocenters. The summed E-state index contributed by atoms with van der Waals surface area (Å²) in [6.45, 7) is 5.37. The molecule has 3 rings (SSSR count). The first-order chi connectivity index (χ1) is 10.2. The molecule has 3 heteroatoms. The molecule has 2 aromatic rings. The Balaban J connectivity index is 1.81. The van der Waals surface area contributed by atoms with Crippen molar-refractivity contribution in [2.45, 2.75) is 26.3 Å². The quantitative estimate of drug-likeness (QED) is 0.932. The summed E-state index contributed by atoms with van der Waals surface area (Å²) in [5.74, 6) is 1.14. The Bertz CT molecular complexity index is 597. The van der Waals surface area contributed by atoms with Crippen LogP contribution < -0.4 is 0 Å². The zero-order valence-electron chi connectivity index (χ0n) is 12.5. The van der Waals surface area contributed by atoms with Crippen molar-refractivity contribution in [2.75, 3.05) is 13.1 Å². The van der Waals surface area contributed by atoms with E-state index in [1.807, 2.05) is 24.4 Å². The number of aromatic hydroxyl groups is 1. The summed E-state index contributed by atoms with van der Waals surface area (Å²) < 4.78 is 0. The number of phenolic OH excluding ortho intramolecular Hbond substituents is 1. The molecule has 1 aromatic carbocycles. The number of pyridine rings is 1. The zero-order valence-corrected chi connectivity index (χ0v) is 12.5. The van der Waals surface area contributed by atoms with Gasteiger partial charge in [0.1, 0.15) is 5.75 Å². The summed E-state index contributed by atoms with van der Waals surface area (Å²) in [6.07, 6.45) is 6.21. The van der Waals surface area contributed by atoms with E-state index in [0.717, 1.165) is 42.2 Å². The van der Waals surface area contributed by atoms with Gasteiger partial charge in [-0.05, 0) is 49.1 Å². The van der Waals surface area contributed by atoms with Crippen LogP contribution in [0.5, 0.6) is 5.75 Å². The highest BCUT2D eigenvalue weighted by Crippen LogP contribution is 2.27. The van der Waals surface area contributed by atoms with Gasteiger partial charge in [-0.3, -0.25) is 9.88 Å². The van der Waals surface area contributed by atoms with Crippen LogP contribution in [0.2, 0.25) is 0 Å². The van der Waals surface area contributed by atoms with Crippen LogP contribution in [-0.2, 0) is 6.54 Å². The van der Waals surface area contributed by atoms with Crippen LogP contribution in [0.1, 0.15) is 25.3 Å². The highest BCUT2D eigenvalue weighted by atomic mass is 16.3.